The number of nitrogens with zero attached hydrogens (tertiary/aromatic N) is 2. The first-order valence-electron chi connectivity index (χ1n) is 8.27. The van der Waals surface area contributed by atoms with Crippen molar-refractivity contribution in [2.75, 3.05) is 11.9 Å². The highest BCUT2D eigenvalue weighted by Crippen LogP contribution is 2.24. The van der Waals surface area contributed by atoms with E-state index in [1.807, 2.05) is 11.4 Å². The van der Waals surface area contributed by atoms with Crippen LogP contribution in [-0.4, -0.2) is 21.5 Å². The van der Waals surface area contributed by atoms with Crippen molar-refractivity contribution in [3.05, 3.63) is 62.5 Å². The Morgan fingerprint density at radius 1 is 1.31 bits per heavy atom. The zero-order valence-electron chi connectivity index (χ0n) is 14.3. The molecule has 1 aliphatic rings. The molecule has 0 aliphatic carbocycles. The van der Waals surface area contributed by atoms with E-state index in [1.165, 1.54) is 5.56 Å². The average Bonchev–Trinajstić information content (AvgIpc) is 3.09. The molecule has 0 radical (unpaired) electrons. The lowest BCUT2D eigenvalue weighted by Gasteiger charge is -2.16. The molecule has 0 atom stereocenters. The molecule has 6 nitrogen and oxygen atoms in total. The van der Waals surface area contributed by atoms with Gasteiger partial charge in [0.05, 0.1) is 17.9 Å². The SMILES string of the molecule is Cc1cccc(-c2nc(CNc3nc4c(c(=O)[nH]3)CCNC4)cs2)c1.Cl. The Bertz CT molecular complexity index is 968. The fourth-order valence-electron chi connectivity index (χ4n) is 2.93. The van der Waals surface area contributed by atoms with E-state index in [-0.39, 0.29) is 18.0 Å². The summed E-state index contributed by atoms with van der Waals surface area (Å²) in [6.45, 7) is 4.07. The largest absolute Gasteiger partial charge is 0.350 e. The number of aromatic nitrogens is 3. The number of fused-ring (bicyclic) bond motifs is 1. The second-order valence-corrected chi connectivity index (χ2v) is 6.99. The molecule has 0 unspecified atom stereocenters. The van der Waals surface area contributed by atoms with Crippen LogP contribution >= 0.6 is 23.7 Å². The lowest BCUT2D eigenvalue weighted by Crippen LogP contribution is -2.31. The van der Waals surface area contributed by atoms with Crippen molar-refractivity contribution in [2.45, 2.75) is 26.4 Å². The standard InChI is InChI=1S/C18H19N5OS.ClH/c1-11-3-2-4-12(7-11)17-21-13(10-25-17)8-20-18-22-15-9-19-6-5-14(15)16(24)23-18;/h2-4,7,10,19H,5-6,8-9H2,1H3,(H2,20,22,23,24);1H. The number of hydrogen-bond donors (Lipinski definition) is 3. The number of aryl methyl sites for hydroxylation is 1. The molecule has 0 amide bonds. The molecular formula is C18H20ClN5OS. The Morgan fingerprint density at radius 2 is 2.19 bits per heavy atom. The Morgan fingerprint density at radius 3 is 3.04 bits per heavy atom. The van der Waals surface area contributed by atoms with Crippen LogP contribution in [0, 0.1) is 6.92 Å². The highest BCUT2D eigenvalue weighted by molar-refractivity contribution is 7.13. The van der Waals surface area contributed by atoms with Crippen LogP contribution < -0.4 is 16.2 Å². The van der Waals surface area contributed by atoms with Crippen molar-refractivity contribution in [1.29, 1.82) is 0 Å². The van der Waals surface area contributed by atoms with Gasteiger partial charge in [0.2, 0.25) is 5.95 Å². The quantitative estimate of drug-likeness (QED) is 0.639. The Balaban J connectivity index is 0.00000196. The molecule has 3 N–H and O–H groups in total. The normalized spacial score (nSPS) is 13.0. The van der Waals surface area contributed by atoms with Gasteiger partial charge in [-0.1, -0.05) is 23.8 Å². The molecule has 8 heteroatoms. The van der Waals surface area contributed by atoms with Gasteiger partial charge in [-0.15, -0.1) is 23.7 Å². The second kappa shape index (κ2) is 7.99. The maximum atomic E-state index is 12.1. The molecule has 3 aromatic rings. The lowest BCUT2D eigenvalue weighted by molar-refractivity contribution is 0.619. The van der Waals surface area contributed by atoms with Gasteiger partial charge in [-0.3, -0.25) is 9.78 Å². The van der Waals surface area contributed by atoms with Crippen molar-refractivity contribution in [1.82, 2.24) is 20.3 Å². The van der Waals surface area contributed by atoms with Crippen LogP contribution in [0.1, 0.15) is 22.5 Å². The molecule has 0 saturated carbocycles. The summed E-state index contributed by atoms with van der Waals surface area (Å²) in [7, 11) is 0. The third-order valence-electron chi connectivity index (χ3n) is 4.20. The topological polar surface area (TPSA) is 82.7 Å². The van der Waals surface area contributed by atoms with E-state index >= 15 is 0 Å². The first kappa shape index (κ1) is 18.6. The molecule has 0 spiro atoms. The number of aromatic amines is 1. The highest BCUT2D eigenvalue weighted by atomic mass is 35.5. The summed E-state index contributed by atoms with van der Waals surface area (Å²) in [5.74, 6) is 0.498. The number of halogens is 1. The van der Waals surface area contributed by atoms with Gasteiger partial charge in [0.25, 0.3) is 5.56 Å². The fourth-order valence-corrected chi connectivity index (χ4v) is 3.74. The molecule has 0 saturated heterocycles. The van der Waals surface area contributed by atoms with E-state index in [2.05, 4.69) is 50.7 Å². The Hall–Kier alpha value is -2.22. The monoisotopic (exact) mass is 389 g/mol. The Labute approximate surface area is 161 Å². The minimum Gasteiger partial charge on any atom is -0.350 e. The van der Waals surface area contributed by atoms with Crippen molar-refractivity contribution in [3.63, 3.8) is 0 Å². The van der Waals surface area contributed by atoms with Crippen LogP contribution in [0.2, 0.25) is 0 Å². The van der Waals surface area contributed by atoms with Gasteiger partial charge in [0.1, 0.15) is 5.01 Å². The maximum absolute atomic E-state index is 12.1. The van der Waals surface area contributed by atoms with E-state index < -0.39 is 0 Å². The maximum Gasteiger partial charge on any atom is 0.255 e. The third-order valence-corrected chi connectivity index (χ3v) is 5.14. The minimum absolute atomic E-state index is 0. The predicted molar refractivity (Wildman–Crippen MR) is 107 cm³/mol. The average molecular weight is 390 g/mol. The smallest absolute Gasteiger partial charge is 0.255 e. The zero-order chi connectivity index (χ0) is 17.2. The van der Waals surface area contributed by atoms with Crippen molar-refractivity contribution in [2.24, 2.45) is 0 Å². The second-order valence-electron chi connectivity index (χ2n) is 6.13. The highest BCUT2D eigenvalue weighted by Gasteiger charge is 2.15. The van der Waals surface area contributed by atoms with Crippen LogP contribution in [0.25, 0.3) is 10.6 Å². The molecule has 3 heterocycles. The van der Waals surface area contributed by atoms with E-state index in [0.717, 1.165) is 40.5 Å². The summed E-state index contributed by atoms with van der Waals surface area (Å²) in [4.78, 5) is 24.1. The van der Waals surface area contributed by atoms with Crippen molar-refractivity contribution in [3.8, 4) is 10.6 Å². The van der Waals surface area contributed by atoms with Crippen LogP contribution in [0.3, 0.4) is 0 Å². The molecule has 0 bridgehead atoms. The van der Waals surface area contributed by atoms with Crippen LogP contribution in [-0.2, 0) is 19.5 Å². The minimum atomic E-state index is -0.0484. The molecule has 0 fully saturated rings. The summed E-state index contributed by atoms with van der Waals surface area (Å²) in [5.41, 5.74) is 4.85. The summed E-state index contributed by atoms with van der Waals surface area (Å²) >= 11 is 1.62. The number of H-pyrrole nitrogens is 1. The van der Waals surface area contributed by atoms with Gasteiger partial charge in [0, 0.05) is 23.1 Å². The molecule has 2 aromatic heterocycles. The molecule has 4 rings (SSSR count). The van der Waals surface area contributed by atoms with Gasteiger partial charge in [-0.25, -0.2) is 9.97 Å². The number of nitrogens with one attached hydrogen (secondary N) is 3. The van der Waals surface area contributed by atoms with E-state index in [1.54, 1.807) is 11.3 Å². The predicted octanol–water partition coefficient (Wildman–Crippen LogP) is 2.88. The number of benzene rings is 1. The Kier molecular flexibility index (Phi) is 5.70. The molecular weight excluding hydrogens is 370 g/mol. The molecule has 1 aromatic carbocycles. The van der Waals surface area contributed by atoms with Gasteiger partial charge < -0.3 is 10.6 Å². The van der Waals surface area contributed by atoms with E-state index in [0.29, 0.717) is 19.0 Å². The van der Waals surface area contributed by atoms with Gasteiger partial charge in [-0.2, -0.15) is 0 Å². The zero-order valence-corrected chi connectivity index (χ0v) is 16.0. The number of hydrogen-bond acceptors (Lipinski definition) is 6. The number of thiazole rings is 1. The molecule has 1 aliphatic heterocycles. The van der Waals surface area contributed by atoms with Crippen LogP contribution in [0.15, 0.2) is 34.4 Å². The summed E-state index contributed by atoms with van der Waals surface area (Å²) in [5, 5.41) is 9.45. The molecule has 136 valence electrons. The lowest BCUT2D eigenvalue weighted by atomic mass is 10.1. The van der Waals surface area contributed by atoms with Crippen molar-refractivity contribution < 1.29 is 0 Å². The van der Waals surface area contributed by atoms with Crippen LogP contribution in [0.4, 0.5) is 5.95 Å². The van der Waals surface area contributed by atoms with Gasteiger partial charge in [-0.05, 0) is 26.0 Å². The van der Waals surface area contributed by atoms with E-state index in [4.69, 9.17) is 0 Å². The summed E-state index contributed by atoms with van der Waals surface area (Å²) in [6, 6.07) is 8.32. The third kappa shape index (κ3) is 3.95. The number of anilines is 1. The number of rotatable bonds is 4. The summed E-state index contributed by atoms with van der Waals surface area (Å²) in [6.07, 6.45) is 0.726. The first-order valence-corrected chi connectivity index (χ1v) is 9.15. The first-order chi connectivity index (χ1) is 12.2. The van der Waals surface area contributed by atoms with Crippen molar-refractivity contribution >= 4 is 29.7 Å². The van der Waals surface area contributed by atoms with Gasteiger partial charge >= 0.3 is 0 Å². The molecule has 26 heavy (non-hydrogen) atoms. The van der Waals surface area contributed by atoms with Gasteiger partial charge in [0.15, 0.2) is 0 Å². The van der Waals surface area contributed by atoms with E-state index in [9.17, 15) is 4.79 Å². The summed E-state index contributed by atoms with van der Waals surface area (Å²) < 4.78 is 0. The van der Waals surface area contributed by atoms with Crippen LogP contribution in [0.5, 0.6) is 0 Å². The fraction of sp³-hybridized carbons (Fsp3) is 0.278.